The maximum absolute atomic E-state index is 10.6. The molecule has 0 bridgehead atoms. The van der Waals surface area contributed by atoms with E-state index in [1.54, 1.807) is 18.3 Å². The number of ether oxygens (including phenoxy) is 1. The number of hydrogen-bond acceptors (Lipinski definition) is 4. The molecule has 0 fully saturated rings. The molecular formula is C13H13N3O2. The summed E-state index contributed by atoms with van der Waals surface area (Å²) in [6.07, 6.45) is 1.70. The number of amides is 1. The molecule has 0 saturated carbocycles. The number of nitrogens with one attached hydrogen (secondary N) is 1. The van der Waals surface area contributed by atoms with E-state index in [0.717, 1.165) is 11.5 Å². The summed E-state index contributed by atoms with van der Waals surface area (Å²) in [5, 5.41) is 3.12. The van der Waals surface area contributed by atoms with Crippen LogP contribution in [-0.4, -0.2) is 17.5 Å². The van der Waals surface area contributed by atoms with Crippen molar-refractivity contribution in [3.8, 4) is 5.75 Å². The highest BCUT2D eigenvalue weighted by Crippen LogP contribution is 2.20. The topological polar surface area (TPSA) is 77.2 Å². The maximum atomic E-state index is 10.6. The normalized spacial score (nSPS) is 9.78. The van der Waals surface area contributed by atoms with Gasteiger partial charge in [-0.25, -0.2) is 4.98 Å². The largest absolute Gasteiger partial charge is 0.484 e. The second kappa shape index (κ2) is 5.67. The summed E-state index contributed by atoms with van der Waals surface area (Å²) in [6, 6.07) is 12.8. The zero-order chi connectivity index (χ0) is 12.8. The lowest BCUT2D eigenvalue weighted by molar-refractivity contribution is -0.119. The van der Waals surface area contributed by atoms with Crippen molar-refractivity contribution in [2.24, 2.45) is 5.73 Å². The molecule has 0 spiro atoms. The smallest absolute Gasteiger partial charge is 0.255 e. The van der Waals surface area contributed by atoms with Gasteiger partial charge in [0.15, 0.2) is 6.61 Å². The van der Waals surface area contributed by atoms with E-state index in [9.17, 15) is 4.79 Å². The Kier molecular flexibility index (Phi) is 3.76. The van der Waals surface area contributed by atoms with Crippen molar-refractivity contribution in [1.29, 1.82) is 0 Å². The molecule has 0 aliphatic rings. The minimum Gasteiger partial charge on any atom is -0.484 e. The molecule has 2 rings (SSSR count). The van der Waals surface area contributed by atoms with Gasteiger partial charge >= 0.3 is 0 Å². The molecule has 0 unspecified atom stereocenters. The number of rotatable bonds is 5. The number of carbonyl (C=O) groups excluding carboxylic acids is 1. The first-order valence-corrected chi connectivity index (χ1v) is 5.43. The predicted octanol–water partition coefficient (Wildman–Crippen LogP) is 1.69. The third-order valence-corrected chi connectivity index (χ3v) is 2.15. The standard InChI is InChI=1S/C13H13N3O2/c14-12(17)9-18-11-5-3-4-10(8-11)16-13-6-1-2-7-15-13/h1-8H,9H2,(H2,14,17)(H,15,16). The summed E-state index contributed by atoms with van der Waals surface area (Å²) in [7, 11) is 0. The lowest BCUT2D eigenvalue weighted by Crippen LogP contribution is -2.20. The number of aromatic nitrogens is 1. The van der Waals surface area contributed by atoms with Gasteiger partial charge in [-0.05, 0) is 24.3 Å². The summed E-state index contributed by atoms with van der Waals surface area (Å²) in [5.41, 5.74) is 5.84. The number of nitrogens with zero attached hydrogens (tertiary/aromatic N) is 1. The van der Waals surface area contributed by atoms with Crippen molar-refractivity contribution in [2.45, 2.75) is 0 Å². The Morgan fingerprint density at radius 3 is 2.89 bits per heavy atom. The Balaban J connectivity index is 2.05. The number of primary amides is 1. The predicted molar refractivity (Wildman–Crippen MR) is 68.7 cm³/mol. The second-order valence-corrected chi connectivity index (χ2v) is 3.62. The Morgan fingerprint density at radius 2 is 2.17 bits per heavy atom. The van der Waals surface area contributed by atoms with Crippen LogP contribution < -0.4 is 15.8 Å². The van der Waals surface area contributed by atoms with Crippen LogP contribution in [0.2, 0.25) is 0 Å². The van der Waals surface area contributed by atoms with Crippen molar-refractivity contribution in [1.82, 2.24) is 4.98 Å². The van der Waals surface area contributed by atoms with Crippen LogP contribution in [0.5, 0.6) is 5.75 Å². The number of benzene rings is 1. The fourth-order valence-corrected chi connectivity index (χ4v) is 1.40. The monoisotopic (exact) mass is 243 g/mol. The fourth-order valence-electron chi connectivity index (χ4n) is 1.40. The van der Waals surface area contributed by atoms with Crippen LogP contribution in [0.3, 0.4) is 0 Å². The lowest BCUT2D eigenvalue weighted by Gasteiger charge is -2.08. The van der Waals surface area contributed by atoms with E-state index in [1.807, 2.05) is 30.3 Å². The highest BCUT2D eigenvalue weighted by molar-refractivity contribution is 5.75. The minimum atomic E-state index is -0.502. The number of hydrogen-bond donors (Lipinski definition) is 2. The van der Waals surface area contributed by atoms with Gasteiger partial charge in [0.2, 0.25) is 0 Å². The van der Waals surface area contributed by atoms with Crippen molar-refractivity contribution >= 4 is 17.4 Å². The van der Waals surface area contributed by atoms with Gasteiger partial charge in [0, 0.05) is 18.0 Å². The van der Waals surface area contributed by atoms with Crippen molar-refractivity contribution in [3.05, 3.63) is 48.7 Å². The Bertz CT molecular complexity index is 529. The van der Waals surface area contributed by atoms with E-state index in [1.165, 1.54) is 0 Å². The van der Waals surface area contributed by atoms with Crippen molar-refractivity contribution in [2.75, 3.05) is 11.9 Å². The van der Waals surface area contributed by atoms with Crippen LogP contribution in [0.4, 0.5) is 11.5 Å². The van der Waals surface area contributed by atoms with Gasteiger partial charge in [-0.3, -0.25) is 4.79 Å². The summed E-state index contributed by atoms with van der Waals surface area (Å²) in [5.74, 6) is 0.817. The zero-order valence-electron chi connectivity index (χ0n) is 9.67. The molecule has 5 heteroatoms. The Labute approximate surface area is 105 Å². The van der Waals surface area contributed by atoms with E-state index in [4.69, 9.17) is 10.5 Å². The van der Waals surface area contributed by atoms with E-state index in [0.29, 0.717) is 5.75 Å². The summed E-state index contributed by atoms with van der Waals surface area (Å²) in [4.78, 5) is 14.8. The van der Waals surface area contributed by atoms with Crippen LogP contribution in [0.1, 0.15) is 0 Å². The lowest BCUT2D eigenvalue weighted by atomic mass is 10.3. The average molecular weight is 243 g/mol. The molecule has 0 aliphatic carbocycles. The first kappa shape index (κ1) is 11.9. The minimum absolute atomic E-state index is 0.132. The van der Waals surface area contributed by atoms with Gasteiger partial charge in [0.25, 0.3) is 5.91 Å². The second-order valence-electron chi connectivity index (χ2n) is 3.62. The summed E-state index contributed by atoms with van der Waals surface area (Å²) < 4.78 is 5.21. The van der Waals surface area contributed by atoms with E-state index in [2.05, 4.69) is 10.3 Å². The SMILES string of the molecule is NC(=O)COc1cccc(Nc2ccccn2)c1. The van der Waals surface area contributed by atoms with Crippen molar-refractivity contribution < 1.29 is 9.53 Å². The van der Waals surface area contributed by atoms with Gasteiger partial charge in [-0.2, -0.15) is 0 Å². The molecule has 5 nitrogen and oxygen atoms in total. The fraction of sp³-hybridized carbons (Fsp3) is 0.0769. The third kappa shape index (κ3) is 3.48. The highest BCUT2D eigenvalue weighted by atomic mass is 16.5. The van der Waals surface area contributed by atoms with Crippen LogP contribution in [0.15, 0.2) is 48.7 Å². The van der Waals surface area contributed by atoms with Gasteiger partial charge in [-0.15, -0.1) is 0 Å². The maximum Gasteiger partial charge on any atom is 0.255 e. The number of pyridine rings is 1. The van der Waals surface area contributed by atoms with Crippen molar-refractivity contribution in [3.63, 3.8) is 0 Å². The molecule has 1 aromatic carbocycles. The quantitative estimate of drug-likeness (QED) is 0.837. The summed E-state index contributed by atoms with van der Waals surface area (Å²) in [6.45, 7) is -0.132. The highest BCUT2D eigenvalue weighted by Gasteiger charge is 2.00. The molecule has 0 atom stereocenters. The van der Waals surface area contributed by atoms with E-state index in [-0.39, 0.29) is 6.61 Å². The molecule has 18 heavy (non-hydrogen) atoms. The molecule has 3 N–H and O–H groups in total. The molecule has 2 aromatic rings. The van der Waals surface area contributed by atoms with Crippen LogP contribution in [0.25, 0.3) is 0 Å². The number of carbonyl (C=O) groups is 1. The third-order valence-electron chi connectivity index (χ3n) is 2.15. The Morgan fingerprint density at radius 1 is 1.28 bits per heavy atom. The number of nitrogens with two attached hydrogens (primary N) is 1. The summed E-state index contributed by atoms with van der Waals surface area (Å²) >= 11 is 0. The van der Waals surface area contributed by atoms with E-state index >= 15 is 0 Å². The average Bonchev–Trinajstić information content (AvgIpc) is 2.38. The Hall–Kier alpha value is -2.56. The molecule has 0 saturated heterocycles. The molecule has 1 amide bonds. The molecular weight excluding hydrogens is 230 g/mol. The molecule has 1 heterocycles. The van der Waals surface area contributed by atoms with Gasteiger partial charge in [-0.1, -0.05) is 12.1 Å². The van der Waals surface area contributed by atoms with Crippen LogP contribution >= 0.6 is 0 Å². The van der Waals surface area contributed by atoms with Crippen LogP contribution in [0, 0.1) is 0 Å². The molecule has 92 valence electrons. The molecule has 0 aliphatic heterocycles. The van der Waals surface area contributed by atoms with E-state index < -0.39 is 5.91 Å². The van der Waals surface area contributed by atoms with Gasteiger partial charge < -0.3 is 15.8 Å². The zero-order valence-corrected chi connectivity index (χ0v) is 9.67. The van der Waals surface area contributed by atoms with Gasteiger partial charge in [0.1, 0.15) is 11.6 Å². The van der Waals surface area contributed by atoms with Crippen LogP contribution in [-0.2, 0) is 4.79 Å². The molecule has 0 radical (unpaired) electrons. The number of anilines is 2. The first-order valence-electron chi connectivity index (χ1n) is 5.43. The first-order chi connectivity index (χ1) is 8.74. The van der Waals surface area contributed by atoms with Gasteiger partial charge in [0.05, 0.1) is 0 Å². The molecule has 1 aromatic heterocycles.